The summed E-state index contributed by atoms with van der Waals surface area (Å²) in [4.78, 5) is 32.1. The van der Waals surface area contributed by atoms with Crippen molar-refractivity contribution in [2.75, 3.05) is 0 Å². The van der Waals surface area contributed by atoms with Crippen molar-refractivity contribution in [2.24, 2.45) is 5.10 Å². The lowest BCUT2D eigenvalue weighted by atomic mass is 10.2. The maximum Gasteiger partial charge on any atom is 0.339 e. The average Bonchev–Trinajstić information content (AvgIpc) is 2.80. The summed E-state index contributed by atoms with van der Waals surface area (Å²) in [5, 5.41) is 25.3. The Hall–Kier alpha value is -4.17. The molecule has 1 amide bonds. The lowest BCUT2D eigenvalue weighted by Crippen LogP contribution is -2.17. The molecule has 0 spiro atoms. The van der Waals surface area contributed by atoms with E-state index in [1.54, 1.807) is 0 Å². The first-order valence-corrected chi connectivity index (χ1v) is 11.3. The third-order valence-electron chi connectivity index (χ3n) is 4.19. The Morgan fingerprint density at radius 2 is 1.65 bits per heavy atom. The number of nitrogens with zero attached hydrogens (tertiary/aromatic N) is 3. The van der Waals surface area contributed by atoms with Crippen molar-refractivity contribution < 1.29 is 27.2 Å². The first-order valence-electron chi connectivity index (χ1n) is 9.13. The molecule has 12 nitrogen and oxygen atoms in total. The Bertz CT molecular complexity index is 1410. The molecule has 0 unspecified atom stereocenters. The summed E-state index contributed by atoms with van der Waals surface area (Å²) in [6.07, 6.45) is 1.27. The minimum atomic E-state index is -4.25. The summed E-state index contributed by atoms with van der Waals surface area (Å²) in [5.74, 6) is -0.704. The molecule has 0 aliphatic rings. The molecule has 0 aromatic heterocycles. The van der Waals surface area contributed by atoms with E-state index in [1.807, 2.05) is 0 Å². The van der Waals surface area contributed by atoms with E-state index in [9.17, 15) is 33.4 Å². The quantitative estimate of drug-likeness (QED) is 0.191. The zero-order valence-corrected chi connectivity index (χ0v) is 19.2. The number of nitrogens with one attached hydrogen (secondary N) is 1. The van der Waals surface area contributed by atoms with Gasteiger partial charge >= 0.3 is 10.1 Å². The number of benzene rings is 3. The van der Waals surface area contributed by atoms with Gasteiger partial charge in [-0.2, -0.15) is 13.5 Å². The Balaban J connectivity index is 1.68. The predicted octanol–water partition coefficient (Wildman–Crippen LogP) is 3.80. The van der Waals surface area contributed by atoms with Gasteiger partial charge in [-0.15, -0.1) is 0 Å². The summed E-state index contributed by atoms with van der Waals surface area (Å²) in [7, 11) is -4.25. The third-order valence-corrected chi connectivity index (χ3v) is 6.06. The number of hydrogen-bond donors (Lipinski definition) is 1. The van der Waals surface area contributed by atoms with Crippen LogP contribution in [-0.2, 0) is 10.1 Å². The Labute approximate surface area is 200 Å². The number of rotatable bonds is 8. The van der Waals surface area contributed by atoms with Crippen LogP contribution in [0.15, 0.2) is 81.2 Å². The number of carbonyl (C=O) groups excluding carboxylic acids is 1. The first kappa shape index (κ1) is 24.5. The Morgan fingerprint density at radius 1 is 0.971 bits per heavy atom. The number of hydrazone groups is 1. The smallest absolute Gasteiger partial charge is 0.339 e. The maximum atomic E-state index is 12.4. The number of non-ortho nitro benzene ring substituents is 2. The molecular weight excluding hydrogens is 536 g/mol. The van der Waals surface area contributed by atoms with Crippen molar-refractivity contribution in [3.8, 4) is 5.75 Å². The third kappa shape index (κ3) is 5.99. The highest BCUT2D eigenvalue weighted by Crippen LogP contribution is 2.29. The molecule has 0 aliphatic heterocycles. The molecule has 0 saturated heterocycles. The molecule has 0 aliphatic carbocycles. The molecule has 0 radical (unpaired) electrons. The SMILES string of the molecule is O=C(N/N=C\c1ccc(OS(=O)(=O)c2ccc([N+](=O)[O-])cc2)c(Br)c1)c1cccc([N+](=O)[O-])c1. The van der Waals surface area contributed by atoms with Gasteiger partial charge in [-0.1, -0.05) is 6.07 Å². The molecule has 3 rings (SSSR count). The van der Waals surface area contributed by atoms with Gasteiger partial charge in [-0.25, -0.2) is 5.43 Å². The van der Waals surface area contributed by atoms with Crippen molar-refractivity contribution in [3.05, 3.63) is 103 Å². The Kier molecular flexibility index (Phi) is 7.33. The molecule has 0 atom stereocenters. The lowest BCUT2D eigenvalue weighted by Gasteiger charge is -2.09. The van der Waals surface area contributed by atoms with E-state index in [2.05, 4.69) is 26.5 Å². The van der Waals surface area contributed by atoms with Gasteiger partial charge in [0.15, 0.2) is 5.75 Å². The van der Waals surface area contributed by atoms with Crippen LogP contribution in [0.25, 0.3) is 0 Å². The molecule has 3 aromatic carbocycles. The number of carbonyl (C=O) groups is 1. The molecule has 14 heteroatoms. The van der Waals surface area contributed by atoms with Crippen molar-refractivity contribution in [2.45, 2.75) is 4.90 Å². The molecular formula is C20H13BrN4O8S. The second kappa shape index (κ2) is 10.2. The highest BCUT2D eigenvalue weighted by molar-refractivity contribution is 9.10. The van der Waals surface area contributed by atoms with Gasteiger partial charge < -0.3 is 4.18 Å². The van der Waals surface area contributed by atoms with Gasteiger partial charge in [0.1, 0.15) is 4.90 Å². The highest BCUT2D eigenvalue weighted by Gasteiger charge is 2.19. The van der Waals surface area contributed by atoms with Crippen LogP contribution in [0.2, 0.25) is 0 Å². The zero-order valence-electron chi connectivity index (χ0n) is 16.8. The summed E-state index contributed by atoms with van der Waals surface area (Å²) < 4.78 is 30.2. The fourth-order valence-electron chi connectivity index (χ4n) is 2.56. The van der Waals surface area contributed by atoms with Crippen LogP contribution in [-0.4, -0.2) is 30.4 Å². The fourth-order valence-corrected chi connectivity index (χ4v) is 4.09. The standard InChI is InChI=1S/C20H13BrN4O8S/c21-18-10-13(12-22-23-20(26)14-2-1-3-16(11-14)25(29)30)4-9-19(18)33-34(31,32)17-7-5-15(6-8-17)24(27)28/h1-12H,(H,23,26)/b22-12-. The van der Waals surface area contributed by atoms with Crippen LogP contribution >= 0.6 is 15.9 Å². The Morgan fingerprint density at radius 3 is 2.26 bits per heavy atom. The van der Waals surface area contributed by atoms with Crippen LogP contribution in [0.4, 0.5) is 11.4 Å². The van der Waals surface area contributed by atoms with Crippen LogP contribution in [0.1, 0.15) is 15.9 Å². The van der Waals surface area contributed by atoms with E-state index >= 15 is 0 Å². The van der Waals surface area contributed by atoms with Gasteiger partial charge in [0.2, 0.25) is 0 Å². The maximum absolute atomic E-state index is 12.4. The van der Waals surface area contributed by atoms with E-state index in [0.29, 0.717) is 5.56 Å². The van der Waals surface area contributed by atoms with Crippen molar-refractivity contribution >= 4 is 49.5 Å². The summed E-state index contributed by atoms with van der Waals surface area (Å²) in [5.41, 5.74) is 2.25. The number of amides is 1. The molecule has 0 saturated carbocycles. The number of halogens is 1. The second-order valence-electron chi connectivity index (χ2n) is 6.48. The van der Waals surface area contributed by atoms with Gasteiger partial charge in [0, 0.05) is 29.8 Å². The van der Waals surface area contributed by atoms with E-state index in [4.69, 9.17) is 4.18 Å². The summed E-state index contributed by atoms with van der Waals surface area (Å²) in [6.45, 7) is 0. The number of nitro benzene ring substituents is 2. The second-order valence-corrected chi connectivity index (χ2v) is 8.89. The highest BCUT2D eigenvalue weighted by atomic mass is 79.9. The number of hydrogen-bond acceptors (Lipinski definition) is 9. The lowest BCUT2D eigenvalue weighted by molar-refractivity contribution is -0.385. The molecule has 3 aromatic rings. The molecule has 0 bridgehead atoms. The van der Waals surface area contributed by atoms with E-state index < -0.39 is 25.9 Å². The summed E-state index contributed by atoms with van der Waals surface area (Å²) >= 11 is 3.19. The summed E-state index contributed by atoms with van der Waals surface area (Å²) in [6, 6.07) is 13.6. The van der Waals surface area contributed by atoms with Crippen molar-refractivity contribution in [1.29, 1.82) is 0 Å². The minimum Gasteiger partial charge on any atom is -0.378 e. The minimum absolute atomic E-state index is 0.0452. The predicted molar refractivity (Wildman–Crippen MR) is 123 cm³/mol. The molecule has 1 N–H and O–H groups in total. The number of nitro groups is 2. The first-order chi connectivity index (χ1) is 16.1. The van der Waals surface area contributed by atoms with Crippen LogP contribution in [0.3, 0.4) is 0 Å². The molecule has 0 heterocycles. The monoisotopic (exact) mass is 548 g/mol. The normalized spacial score (nSPS) is 11.2. The van der Waals surface area contributed by atoms with Crippen molar-refractivity contribution in [3.63, 3.8) is 0 Å². The zero-order chi connectivity index (χ0) is 24.9. The molecule has 0 fully saturated rings. The average molecular weight is 549 g/mol. The topological polar surface area (TPSA) is 171 Å². The van der Waals surface area contributed by atoms with Gasteiger partial charge in [0.05, 0.1) is 20.5 Å². The van der Waals surface area contributed by atoms with Crippen LogP contribution in [0.5, 0.6) is 5.75 Å². The van der Waals surface area contributed by atoms with Crippen molar-refractivity contribution in [1.82, 2.24) is 5.43 Å². The van der Waals surface area contributed by atoms with Gasteiger partial charge in [-0.05, 0) is 57.9 Å². The molecule has 34 heavy (non-hydrogen) atoms. The van der Waals surface area contributed by atoms with E-state index in [0.717, 1.165) is 30.3 Å². The fraction of sp³-hybridized carbons (Fsp3) is 0. The molecule has 174 valence electrons. The van der Waals surface area contributed by atoms with Gasteiger partial charge in [-0.3, -0.25) is 25.0 Å². The van der Waals surface area contributed by atoms with E-state index in [1.165, 1.54) is 42.6 Å². The van der Waals surface area contributed by atoms with E-state index in [-0.39, 0.29) is 32.1 Å². The van der Waals surface area contributed by atoms with Crippen LogP contribution in [0, 0.1) is 20.2 Å². The van der Waals surface area contributed by atoms with Crippen LogP contribution < -0.4 is 9.61 Å². The van der Waals surface area contributed by atoms with Gasteiger partial charge in [0.25, 0.3) is 17.3 Å². The largest absolute Gasteiger partial charge is 0.378 e.